The molecule has 0 aliphatic rings. The third kappa shape index (κ3) is 1.59. The lowest BCUT2D eigenvalue weighted by Gasteiger charge is -2.00. The average Bonchev–Trinajstić information content (AvgIpc) is 2.67. The molecule has 0 aromatic carbocycles. The zero-order valence-corrected chi connectivity index (χ0v) is 7.61. The van der Waals surface area contributed by atoms with Crippen LogP contribution in [0.2, 0.25) is 0 Å². The minimum atomic E-state index is -0.730. The molecule has 2 N–H and O–H groups in total. The van der Waals surface area contributed by atoms with Crippen LogP contribution in [-0.2, 0) is 0 Å². The van der Waals surface area contributed by atoms with Crippen LogP contribution >= 0.6 is 0 Å². The summed E-state index contributed by atoms with van der Waals surface area (Å²) >= 11 is 0. The van der Waals surface area contributed by atoms with Crippen molar-refractivity contribution in [1.29, 1.82) is 0 Å². The lowest BCUT2D eigenvalue weighted by atomic mass is 10.1. The summed E-state index contributed by atoms with van der Waals surface area (Å²) < 4.78 is 18.2. The highest BCUT2D eigenvalue weighted by molar-refractivity contribution is 5.97. The van der Waals surface area contributed by atoms with Gasteiger partial charge in [-0.25, -0.2) is 4.39 Å². The standard InChI is InChI=1S/C10H7FN2O2/c11-8-5-13-3-1-6(8)7-2-4-15-9(7)10(12)14/h1-5H,(H2,12,14). The summed E-state index contributed by atoms with van der Waals surface area (Å²) in [5.74, 6) is -1.31. The third-order valence-electron chi connectivity index (χ3n) is 1.95. The quantitative estimate of drug-likeness (QED) is 0.810. The lowest BCUT2D eigenvalue weighted by Crippen LogP contribution is -2.11. The van der Waals surface area contributed by atoms with Crippen molar-refractivity contribution in [3.8, 4) is 11.1 Å². The maximum absolute atomic E-state index is 13.3. The van der Waals surface area contributed by atoms with Crippen molar-refractivity contribution in [2.24, 2.45) is 5.73 Å². The monoisotopic (exact) mass is 206 g/mol. The van der Waals surface area contributed by atoms with E-state index in [1.54, 1.807) is 0 Å². The summed E-state index contributed by atoms with van der Waals surface area (Å²) in [6.07, 6.45) is 3.78. The number of hydrogen-bond donors (Lipinski definition) is 1. The molecule has 0 radical (unpaired) electrons. The second-order valence-electron chi connectivity index (χ2n) is 2.88. The number of nitrogens with two attached hydrogens (primary N) is 1. The van der Waals surface area contributed by atoms with Gasteiger partial charge in [0.2, 0.25) is 0 Å². The van der Waals surface area contributed by atoms with Crippen molar-refractivity contribution in [3.63, 3.8) is 0 Å². The topological polar surface area (TPSA) is 69.1 Å². The van der Waals surface area contributed by atoms with Crippen LogP contribution in [0.5, 0.6) is 0 Å². The van der Waals surface area contributed by atoms with E-state index < -0.39 is 11.7 Å². The molecule has 2 aromatic heterocycles. The fourth-order valence-corrected chi connectivity index (χ4v) is 1.31. The molecule has 2 heterocycles. The van der Waals surface area contributed by atoms with E-state index in [0.29, 0.717) is 5.56 Å². The van der Waals surface area contributed by atoms with Gasteiger partial charge in [-0.1, -0.05) is 0 Å². The van der Waals surface area contributed by atoms with Crippen LogP contribution in [0.3, 0.4) is 0 Å². The van der Waals surface area contributed by atoms with Crippen LogP contribution < -0.4 is 5.73 Å². The van der Waals surface area contributed by atoms with Gasteiger partial charge in [0.05, 0.1) is 12.5 Å². The van der Waals surface area contributed by atoms with Crippen LogP contribution in [0.25, 0.3) is 11.1 Å². The molecule has 76 valence electrons. The first kappa shape index (κ1) is 9.39. The third-order valence-corrected chi connectivity index (χ3v) is 1.95. The van der Waals surface area contributed by atoms with E-state index in [-0.39, 0.29) is 11.3 Å². The molecule has 0 bridgehead atoms. The number of primary amides is 1. The highest BCUT2D eigenvalue weighted by Crippen LogP contribution is 2.26. The summed E-state index contributed by atoms with van der Waals surface area (Å²) in [4.78, 5) is 14.6. The smallest absolute Gasteiger partial charge is 0.285 e. The van der Waals surface area contributed by atoms with Gasteiger partial charge in [-0.05, 0) is 12.1 Å². The van der Waals surface area contributed by atoms with Gasteiger partial charge in [-0.15, -0.1) is 0 Å². The molecule has 0 unspecified atom stereocenters. The van der Waals surface area contributed by atoms with Gasteiger partial charge in [0.15, 0.2) is 5.76 Å². The zero-order valence-electron chi connectivity index (χ0n) is 7.61. The largest absolute Gasteiger partial charge is 0.459 e. The van der Waals surface area contributed by atoms with E-state index in [1.807, 2.05) is 0 Å². The van der Waals surface area contributed by atoms with E-state index in [1.165, 1.54) is 24.6 Å². The first-order valence-corrected chi connectivity index (χ1v) is 4.17. The highest BCUT2D eigenvalue weighted by atomic mass is 19.1. The molecule has 0 aliphatic heterocycles. The molecule has 0 atom stereocenters. The fraction of sp³-hybridized carbons (Fsp3) is 0. The number of pyridine rings is 1. The molecule has 0 aliphatic carbocycles. The maximum Gasteiger partial charge on any atom is 0.285 e. The number of rotatable bonds is 2. The van der Waals surface area contributed by atoms with Gasteiger partial charge in [-0.3, -0.25) is 9.78 Å². The Morgan fingerprint density at radius 1 is 1.40 bits per heavy atom. The van der Waals surface area contributed by atoms with Crippen molar-refractivity contribution in [2.75, 3.05) is 0 Å². The highest BCUT2D eigenvalue weighted by Gasteiger charge is 2.16. The van der Waals surface area contributed by atoms with Crippen molar-refractivity contribution in [1.82, 2.24) is 4.98 Å². The Labute approximate surface area is 84.5 Å². The molecular weight excluding hydrogens is 199 g/mol. The summed E-state index contributed by atoms with van der Waals surface area (Å²) in [7, 11) is 0. The van der Waals surface area contributed by atoms with Gasteiger partial charge in [-0.2, -0.15) is 0 Å². The van der Waals surface area contributed by atoms with E-state index in [2.05, 4.69) is 4.98 Å². The van der Waals surface area contributed by atoms with E-state index in [4.69, 9.17) is 10.2 Å². The van der Waals surface area contributed by atoms with Gasteiger partial charge >= 0.3 is 0 Å². The number of nitrogens with zero attached hydrogens (tertiary/aromatic N) is 1. The zero-order chi connectivity index (χ0) is 10.8. The van der Waals surface area contributed by atoms with Crippen LogP contribution in [0.4, 0.5) is 4.39 Å². The molecular formula is C10H7FN2O2. The number of amides is 1. The molecule has 0 spiro atoms. The van der Waals surface area contributed by atoms with Crippen molar-refractivity contribution in [2.45, 2.75) is 0 Å². The Morgan fingerprint density at radius 3 is 2.87 bits per heavy atom. The molecule has 0 saturated carbocycles. The molecule has 2 rings (SSSR count). The molecule has 15 heavy (non-hydrogen) atoms. The van der Waals surface area contributed by atoms with Crippen LogP contribution in [0.15, 0.2) is 35.2 Å². The molecule has 0 fully saturated rings. The SMILES string of the molecule is NC(=O)c1occc1-c1ccncc1F. The molecule has 1 amide bonds. The van der Waals surface area contributed by atoms with Gasteiger partial charge in [0.1, 0.15) is 5.82 Å². The van der Waals surface area contributed by atoms with Gasteiger partial charge < -0.3 is 10.2 Å². The van der Waals surface area contributed by atoms with Crippen molar-refractivity contribution in [3.05, 3.63) is 42.4 Å². The molecule has 5 heteroatoms. The molecule has 4 nitrogen and oxygen atoms in total. The Morgan fingerprint density at radius 2 is 2.20 bits per heavy atom. The Hall–Kier alpha value is -2.17. The minimum absolute atomic E-state index is 0.0555. The Balaban J connectivity index is 2.59. The van der Waals surface area contributed by atoms with Gasteiger partial charge in [0, 0.05) is 17.3 Å². The maximum atomic E-state index is 13.3. The van der Waals surface area contributed by atoms with Crippen LogP contribution in [0, 0.1) is 5.82 Å². The summed E-state index contributed by atoms with van der Waals surface area (Å²) in [6.45, 7) is 0. The predicted octanol–water partition coefficient (Wildman–Crippen LogP) is 1.58. The van der Waals surface area contributed by atoms with Gasteiger partial charge in [0.25, 0.3) is 5.91 Å². The second kappa shape index (κ2) is 3.53. The van der Waals surface area contributed by atoms with Crippen molar-refractivity contribution < 1.29 is 13.6 Å². The number of carbonyl (C=O) groups is 1. The Kier molecular flexibility index (Phi) is 2.21. The number of furan rings is 1. The minimum Gasteiger partial charge on any atom is -0.459 e. The van der Waals surface area contributed by atoms with E-state index in [9.17, 15) is 9.18 Å². The number of hydrogen-bond acceptors (Lipinski definition) is 3. The first-order chi connectivity index (χ1) is 7.20. The predicted molar refractivity (Wildman–Crippen MR) is 50.4 cm³/mol. The Bertz CT molecular complexity index is 508. The number of carbonyl (C=O) groups excluding carboxylic acids is 1. The lowest BCUT2D eigenvalue weighted by molar-refractivity contribution is 0.0975. The van der Waals surface area contributed by atoms with E-state index >= 15 is 0 Å². The van der Waals surface area contributed by atoms with Crippen molar-refractivity contribution >= 4 is 5.91 Å². The van der Waals surface area contributed by atoms with Crippen LogP contribution in [0.1, 0.15) is 10.6 Å². The number of aromatic nitrogens is 1. The average molecular weight is 206 g/mol. The normalized spacial score (nSPS) is 10.2. The summed E-state index contributed by atoms with van der Waals surface area (Å²) in [5.41, 5.74) is 5.65. The molecule has 2 aromatic rings. The van der Waals surface area contributed by atoms with Crippen LogP contribution in [-0.4, -0.2) is 10.9 Å². The first-order valence-electron chi connectivity index (χ1n) is 4.17. The number of halogens is 1. The molecule has 0 saturated heterocycles. The summed E-state index contributed by atoms with van der Waals surface area (Å²) in [5, 5.41) is 0. The fourth-order valence-electron chi connectivity index (χ4n) is 1.31. The second-order valence-corrected chi connectivity index (χ2v) is 2.88. The van der Waals surface area contributed by atoms with E-state index in [0.717, 1.165) is 6.20 Å². The summed E-state index contributed by atoms with van der Waals surface area (Å²) in [6, 6.07) is 2.94.